The first kappa shape index (κ1) is 13.7. The smallest absolute Gasteiger partial charge is 0.201 e. The topological polar surface area (TPSA) is 43.8 Å². The molecule has 3 rings (SSSR count). The van der Waals surface area contributed by atoms with Crippen LogP contribution in [0.5, 0.6) is 0 Å². The Morgan fingerprint density at radius 2 is 2.20 bits per heavy atom. The Bertz CT molecular complexity index is 663. The Balaban J connectivity index is 2.11. The second kappa shape index (κ2) is 4.62. The molecule has 1 saturated carbocycles. The summed E-state index contributed by atoms with van der Waals surface area (Å²) in [6, 6.07) is 3.31. The molecule has 1 aromatic carbocycles. The van der Waals surface area contributed by atoms with Crippen LogP contribution in [-0.2, 0) is 0 Å². The number of hydrogen-bond acceptors (Lipinski definition) is 2. The fourth-order valence-electron chi connectivity index (χ4n) is 3.37. The van der Waals surface area contributed by atoms with E-state index in [0.717, 1.165) is 18.4 Å². The van der Waals surface area contributed by atoms with Crippen LogP contribution in [0, 0.1) is 11.2 Å². The van der Waals surface area contributed by atoms with Gasteiger partial charge in [0, 0.05) is 12.1 Å². The molecule has 1 unspecified atom stereocenters. The third kappa shape index (κ3) is 2.26. The highest BCUT2D eigenvalue weighted by Gasteiger charge is 2.30. The molecule has 0 aliphatic heterocycles. The first-order valence-electron chi connectivity index (χ1n) is 7.00. The van der Waals surface area contributed by atoms with Crippen LogP contribution in [0.1, 0.15) is 45.6 Å². The number of fused-ring (bicyclic) bond motifs is 1. The van der Waals surface area contributed by atoms with E-state index in [1.807, 2.05) is 4.57 Å². The van der Waals surface area contributed by atoms with E-state index in [-0.39, 0.29) is 5.02 Å². The van der Waals surface area contributed by atoms with Crippen molar-refractivity contribution in [1.82, 2.24) is 9.55 Å². The molecule has 0 radical (unpaired) electrons. The summed E-state index contributed by atoms with van der Waals surface area (Å²) in [5, 5.41) is 0.119. The molecular formula is C15H19ClFN3. The van der Waals surface area contributed by atoms with Crippen molar-refractivity contribution in [3.05, 3.63) is 23.0 Å². The van der Waals surface area contributed by atoms with Gasteiger partial charge in [0.1, 0.15) is 5.82 Å². The van der Waals surface area contributed by atoms with Gasteiger partial charge in [0.2, 0.25) is 5.95 Å². The van der Waals surface area contributed by atoms with Gasteiger partial charge >= 0.3 is 0 Å². The molecule has 1 fully saturated rings. The van der Waals surface area contributed by atoms with E-state index < -0.39 is 5.82 Å². The van der Waals surface area contributed by atoms with E-state index in [1.54, 1.807) is 6.07 Å². The number of nitrogens with zero attached hydrogens (tertiary/aromatic N) is 2. The lowest BCUT2D eigenvalue weighted by molar-refractivity contribution is 0.187. The highest BCUT2D eigenvalue weighted by atomic mass is 35.5. The minimum Gasteiger partial charge on any atom is -0.369 e. The van der Waals surface area contributed by atoms with E-state index in [0.29, 0.717) is 22.9 Å². The van der Waals surface area contributed by atoms with Gasteiger partial charge in [-0.2, -0.15) is 0 Å². The fraction of sp³-hybridized carbons (Fsp3) is 0.533. The molecule has 2 N–H and O–H groups in total. The molecule has 0 bridgehead atoms. The lowest BCUT2D eigenvalue weighted by Gasteiger charge is -2.36. The zero-order chi connectivity index (χ0) is 14.5. The number of nitrogen functional groups attached to an aromatic ring is 1. The summed E-state index contributed by atoms with van der Waals surface area (Å²) in [4.78, 5) is 4.28. The van der Waals surface area contributed by atoms with Crippen molar-refractivity contribution in [3.63, 3.8) is 0 Å². The molecule has 1 atom stereocenters. The molecule has 2 aromatic rings. The molecule has 0 spiro atoms. The normalized spacial score (nSPS) is 22.3. The summed E-state index contributed by atoms with van der Waals surface area (Å²) in [6.07, 6.45) is 4.53. The number of rotatable bonds is 1. The number of imidazole rings is 1. The van der Waals surface area contributed by atoms with Gasteiger partial charge in [-0.25, -0.2) is 9.37 Å². The minimum atomic E-state index is -0.451. The molecule has 3 nitrogen and oxygen atoms in total. The van der Waals surface area contributed by atoms with E-state index >= 15 is 0 Å². The van der Waals surface area contributed by atoms with Crippen LogP contribution in [0.4, 0.5) is 10.3 Å². The third-order valence-corrected chi connectivity index (χ3v) is 4.59. The minimum absolute atomic E-state index is 0.119. The van der Waals surface area contributed by atoms with Gasteiger partial charge in [0.05, 0.1) is 16.1 Å². The van der Waals surface area contributed by atoms with Crippen molar-refractivity contribution in [2.75, 3.05) is 5.73 Å². The van der Waals surface area contributed by atoms with Crippen molar-refractivity contribution in [2.45, 2.75) is 45.6 Å². The summed E-state index contributed by atoms with van der Waals surface area (Å²) < 4.78 is 15.6. The zero-order valence-corrected chi connectivity index (χ0v) is 12.5. The lowest BCUT2D eigenvalue weighted by Crippen LogP contribution is -2.25. The first-order valence-corrected chi connectivity index (χ1v) is 7.38. The van der Waals surface area contributed by atoms with Crippen molar-refractivity contribution < 1.29 is 4.39 Å². The first-order chi connectivity index (χ1) is 9.37. The van der Waals surface area contributed by atoms with Crippen LogP contribution < -0.4 is 5.73 Å². The molecule has 5 heteroatoms. The maximum Gasteiger partial charge on any atom is 0.201 e. The molecule has 1 aromatic heterocycles. The van der Waals surface area contributed by atoms with Crippen molar-refractivity contribution >= 4 is 28.6 Å². The number of hydrogen-bond donors (Lipinski definition) is 1. The summed E-state index contributed by atoms with van der Waals surface area (Å²) in [5.74, 6) is -0.00263. The number of halogens is 2. The van der Waals surface area contributed by atoms with Crippen LogP contribution in [0.2, 0.25) is 5.02 Å². The number of aromatic nitrogens is 2. The summed E-state index contributed by atoms with van der Waals surface area (Å²) in [5.41, 5.74) is 7.77. The van der Waals surface area contributed by atoms with Gasteiger partial charge in [-0.1, -0.05) is 31.9 Å². The van der Waals surface area contributed by atoms with Crippen molar-refractivity contribution in [3.8, 4) is 0 Å². The molecule has 108 valence electrons. The lowest BCUT2D eigenvalue weighted by atomic mass is 9.75. The van der Waals surface area contributed by atoms with Crippen LogP contribution in [0.25, 0.3) is 11.0 Å². The predicted molar refractivity (Wildman–Crippen MR) is 80.4 cm³/mol. The Hall–Kier alpha value is -1.29. The van der Waals surface area contributed by atoms with Gasteiger partial charge in [0.15, 0.2) is 0 Å². The molecule has 0 amide bonds. The number of benzene rings is 1. The second-order valence-corrected chi connectivity index (χ2v) is 6.92. The Labute approximate surface area is 122 Å². The van der Waals surface area contributed by atoms with Crippen LogP contribution in [0.15, 0.2) is 12.1 Å². The summed E-state index contributed by atoms with van der Waals surface area (Å²) in [7, 11) is 0. The van der Waals surface area contributed by atoms with E-state index in [9.17, 15) is 4.39 Å². The zero-order valence-electron chi connectivity index (χ0n) is 11.8. The highest BCUT2D eigenvalue weighted by molar-refractivity contribution is 6.31. The maximum atomic E-state index is 13.5. The largest absolute Gasteiger partial charge is 0.369 e. The standard InChI is InChI=1S/C15H19ClFN3/c1-15(2)5-3-4-9(8-15)20-13-6-10(16)11(17)7-12(13)19-14(20)18/h6-7,9H,3-5,8H2,1-2H3,(H2,18,19). The van der Waals surface area contributed by atoms with Gasteiger partial charge < -0.3 is 10.3 Å². The van der Waals surface area contributed by atoms with Crippen molar-refractivity contribution in [2.24, 2.45) is 5.41 Å². The summed E-state index contributed by atoms with van der Waals surface area (Å²) >= 11 is 5.91. The molecule has 0 saturated heterocycles. The Morgan fingerprint density at radius 1 is 1.45 bits per heavy atom. The van der Waals surface area contributed by atoms with Crippen LogP contribution >= 0.6 is 11.6 Å². The van der Waals surface area contributed by atoms with Gasteiger partial charge in [-0.15, -0.1) is 0 Å². The molecule has 1 heterocycles. The third-order valence-electron chi connectivity index (χ3n) is 4.30. The van der Waals surface area contributed by atoms with E-state index in [2.05, 4.69) is 18.8 Å². The van der Waals surface area contributed by atoms with Crippen LogP contribution in [-0.4, -0.2) is 9.55 Å². The average Bonchev–Trinajstić information content (AvgIpc) is 2.64. The van der Waals surface area contributed by atoms with E-state index in [1.165, 1.54) is 18.9 Å². The molecule has 20 heavy (non-hydrogen) atoms. The van der Waals surface area contributed by atoms with Crippen molar-refractivity contribution in [1.29, 1.82) is 0 Å². The number of nitrogens with two attached hydrogens (primary N) is 1. The summed E-state index contributed by atoms with van der Waals surface area (Å²) in [6.45, 7) is 4.56. The average molecular weight is 296 g/mol. The Morgan fingerprint density at radius 3 is 2.90 bits per heavy atom. The fourth-order valence-corrected chi connectivity index (χ4v) is 3.53. The SMILES string of the molecule is CC1(C)CCCC(n2c(N)nc3cc(F)c(Cl)cc32)C1. The Kier molecular flexibility index (Phi) is 3.16. The second-order valence-electron chi connectivity index (χ2n) is 6.51. The maximum absolute atomic E-state index is 13.5. The highest BCUT2D eigenvalue weighted by Crippen LogP contribution is 2.43. The molecule has 1 aliphatic rings. The quantitative estimate of drug-likeness (QED) is 0.838. The molecule has 1 aliphatic carbocycles. The van der Waals surface area contributed by atoms with Crippen LogP contribution in [0.3, 0.4) is 0 Å². The van der Waals surface area contributed by atoms with Gasteiger partial charge in [-0.05, 0) is 30.7 Å². The predicted octanol–water partition coefficient (Wildman–Crippen LogP) is 4.55. The monoisotopic (exact) mass is 295 g/mol. The van der Waals surface area contributed by atoms with Gasteiger partial charge in [0.25, 0.3) is 0 Å². The molecular weight excluding hydrogens is 277 g/mol. The van der Waals surface area contributed by atoms with Gasteiger partial charge in [-0.3, -0.25) is 0 Å². The van der Waals surface area contributed by atoms with E-state index in [4.69, 9.17) is 17.3 Å². The number of anilines is 1.